The second kappa shape index (κ2) is 12.6. The van der Waals surface area contributed by atoms with Crippen molar-refractivity contribution in [3.05, 3.63) is 53.1 Å². The lowest BCUT2D eigenvalue weighted by atomic mass is 10.2. The summed E-state index contributed by atoms with van der Waals surface area (Å²) >= 11 is 5.89. The molecule has 0 aliphatic heterocycles. The zero-order chi connectivity index (χ0) is 27.2. The third-order valence-corrected chi connectivity index (χ3v) is 7.91. The van der Waals surface area contributed by atoms with Crippen molar-refractivity contribution in [3.63, 3.8) is 0 Å². The average Bonchev–Trinajstić information content (AvgIpc) is 3.25. The lowest BCUT2D eigenvalue weighted by Crippen LogP contribution is -2.30. The summed E-state index contributed by atoms with van der Waals surface area (Å²) in [5.41, 5.74) is 0.499. The number of methoxy groups -OCH3 is 3. The molecule has 3 aromatic rings. The van der Waals surface area contributed by atoms with Crippen LogP contribution in [0.2, 0.25) is 5.02 Å². The topological polar surface area (TPSA) is 128 Å². The summed E-state index contributed by atoms with van der Waals surface area (Å²) in [6.07, 6.45) is 2.29. The highest BCUT2D eigenvalue weighted by molar-refractivity contribution is 7.91. The van der Waals surface area contributed by atoms with Gasteiger partial charge in [-0.15, -0.1) is 10.2 Å². The highest BCUT2D eigenvalue weighted by Gasteiger charge is 2.35. The molecule has 0 unspecified atom stereocenters. The van der Waals surface area contributed by atoms with Crippen molar-refractivity contribution >= 4 is 21.4 Å². The van der Waals surface area contributed by atoms with Crippen molar-refractivity contribution < 1.29 is 27.4 Å². The van der Waals surface area contributed by atoms with Gasteiger partial charge in [-0.3, -0.25) is 4.57 Å². The van der Waals surface area contributed by atoms with E-state index >= 15 is 0 Å². The highest BCUT2D eigenvalue weighted by Crippen LogP contribution is 2.35. The summed E-state index contributed by atoms with van der Waals surface area (Å²) < 4.78 is 51.2. The first-order chi connectivity index (χ1) is 17.6. The van der Waals surface area contributed by atoms with E-state index in [-0.39, 0.29) is 17.8 Å². The van der Waals surface area contributed by atoms with Gasteiger partial charge in [0, 0.05) is 25.9 Å². The molecule has 0 saturated carbocycles. The first-order valence-electron chi connectivity index (χ1n) is 11.6. The van der Waals surface area contributed by atoms with E-state index in [1.807, 2.05) is 13.8 Å². The molecule has 0 aliphatic rings. The predicted octanol–water partition coefficient (Wildman–Crippen LogP) is 3.39. The Balaban J connectivity index is 2.04. The number of aromatic nitrogens is 5. The van der Waals surface area contributed by atoms with Crippen molar-refractivity contribution in [1.29, 1.82) is 0 Å². The number of sulfone groups is 1. The van der Waals surface area contributed by atoms with Crippen molar-refractivity contribution in [2.45, 2.75) is 50.4 Å². The van der Waals surface area contributed by atoms with Gasteiger partial charge in [0.05, 0.1) is 37.2 Å². The standard InChI is InChI=1S/C24H32ClN5O6S/c1-15(2)36-11-10-20-28-29-21(30(20)22-18(33-4)8-7-9-19(22)34-5)14-37(31,32)16(3)23(35-6)24-26-12-17(25)13-27-24/h7-9,12-13,15-16,23H,10-11,14H2,1-6H3/t16-,23-/m0/s1. The molecule has 0 saturated heterocycles. The van der Waals surface area contributed by atoms with Gasteiger partial charge in [-0.2, -0.15) is 0 Å². The zero-order valence-corrected chi connectivity index (χ0v) is 23.3. The Labute approximate surface area is 222 Å². The number of hydrogen-bond donors (Lipinski definition) is 0. The van der Waals surface area contributed by atoms with Crippen LogP contribution >= 0.6 is 11.6 Å². The lowest BCUT2D eigenvalue weighted by molar-refractivity contribution is 0.0802. The third kappa shape index (κ3) is 6.75. The average molecular weight is 554 g/mol. The fraction of sp³-hybridized carbons (Fsp3) is 0.500. The number of hydrogen-bond acceptors (Lipinski definition) is 10. The Morgan fingerprint density at radius 1 is 0.973 bits per heavy atom. The van der Waals surface area contributed by atoms with Crippen LogP contribution < -0.4 is 9.47 Å². The van der Waals surface area contributed by atoms with Gasteiger partial charge in [-0.05, 0) is 32.9 Å². The van der Waals surface area contributed by atoms with Crippen LogP contribution in [0.5, 0.6) is 11.5 Å². The van der Waals surface area contributed by atoms with Crippen LogP contribution in [0.1, 0.15) is 44.3 Å². The second-order valence-electron chi connectivity index (χ2n) is 8.48. The predicted molar refractivity (Wildman–Crippen MR) is 138 cm³/mol. The van der Waals surface area contributed by atoms with Crippen LogP contribution in [0.3, 0.4) is 0 Å². The van der Waals surface area contributed by atoms with E-state index in [4.69, 9.17) is 30.5 Å². The van der Waals surface area contributed by atoms with Crippen LogP contribution in [-0.2, 0) is 31.5 Å². The van der Waals surface area contributed by atoms with E-state index in [0.29, 0.717) is 41.1 Å². The minimum absolute atomic E-state index is 0.0268. The van der Waals surface area contributed by atoms with E-state index in [2.05, 4.69) is 20.2 Å². The number of benzene rings is 1. The minimum Gasteiger partial charge on any atom is -0.494 e. The number of rotatable bonds is 13. The molecule has 11 nitrogen and oxygen atoms in total. The molecule has 0 bridgehead atoms. The SMILES string of the molecule is COc1cccc(OC)c1-n1c(CCOC(C)C)nnc1CS(=O)(=O)[C@@H](C)[C@H](OC)c1ncc(Cl)cn1. The van der Waals surface area contributed by atoms with Crippen LogP contribution in [0.25, 0.3) is 5.69 Å². The molecule has 3 rings (SSSR count). The molecule has 0 N–H and O–H groups in total. The Morgan fingerprint density at radius 3 is 2.11 bits per heavy atom. The molecule has 2 heterocycles. The van der Waals surface area contributed by atoms with Crippen LogP contribution in [0.15, 0.2) is 30.6 Å². The third-order valence-electron chi connectivity index (χ3n) is 5.67. The number of ether oxygens (including phenoxy) is 4. The van der Waals surface area contributed by atoms with E-state index in [0.717, 1.165) is 0 Å². The summed E-state index contributed by atoms with van der Waals surface area (Å²) in [5, 5.41) is 7.89. The maximum absolute atomic E-state index is 13.6. The van der Waals surface area contributed by atoms with Gasteiger partial charge in [0.1, 0.15) is 34.9 Å². The van der Waals surface area contributed by atoms with Crippen molar-refractivity contribution in [3.8, 4) is 17.2 Å². The molecule has 0 radical (unpaired) electrons. The Kier molecular flexibility index (Phi) is 9.82. The normalized spacial score (nSPS) is 13.5. The van der Waals surface area contributed by atoms with Crippen molar-refractivity contribution in [2.75, 3.05) is 27.9 Å². The fourth-order valence-corrected chi connectivity index (χ4v) is 5.30. The summed E-state index contributed by atoms with van der Waals surface area (Å²) in [7, 11) is 0.611. The Hall–Kier alpha value is -2.80. The Morgan fingerprint density at radius 2 is 1.57 bits per heavy atom. The van der Waals surface area contributed by atoms with Gasteiger partial charge in [0.15, 0.2) is 21.5 Å². The fourth-order valence-electron chi connectivity index (χ4n) is 3.78. The van der Waals surface area contributed by atoms with Gasteiger partial charge in [-0.25, -0.2) is 18.4 Å². The second-order valence-corrected chi connectivity index (χ2v) is 11.3. The van der Waals surface area contributed by atoms with Gasteiger partial charge in [0.2, 0.25) is 0 Å². The molecule has 13 heteroatoms. The first kappa shape index (κ1) is 28.8. The lowest BCUT2D eigenvalue weighted by Gasteiger charge is -2.22. The van der Waals surface area contributed by atoms with E-state index in [9.17, 15) is 8.42 Å². The van der Waals surface area contributed by atoms with E-state index < -0.39 is 26.9 Å². The van der Waals surface area contributed by atoms with Crippen LogP contribution in [0.4, 0.5) is 0 Å². The summed E-state index contributed by atoms with van der Waals surface area (Å²) in [6, 6.07) is 5.29. The highest BCUT2D eigenvalue weighted by atomic mass is 35.5. The van der Waals surface area contributed by atoms with Gasteiger partial charge >= 0.3 is 0 Å². The number of halogens is 1. The molecule has 1 aromatic carbocycles. The molecule has 0 amide bonds. The Bertz CT molecular complexity index is 1260. The van der Waals surface area contributed by atoms with Gasteiger partial charge in [0.25, 0.3) is 0 Å². The molecule has 37 heavy (non-hydrogen) atoms. The molecule has 0 spiro atoms. The molecule has 2 aromatic heterocycles. The maximum atomic E-state index is 13.6. The smallest absolute Gasteiger partial charge is 0.163 e. The van der Waals surface area contributed by atoms with E-state index in [1.54, 1.807) is 29.7 Å². The van der Waals surface area contributed by atoms with Crippen molar-refractivity contribution in [2.24, 2.45) is 0 Å². The van der Waals surface area contributed by atoms with Gasteiger partial charge < -0.3 is 18.9 Å². The minimum atomic E-state index is -3.85. The zero-order valence-electron chi connectivity index (χ0n) is 21.7. The largest absolute Gasteiger partial charge is 0.494 e. The van der Waals surface area contributed by atoms with Gasteiger partial charge in [-0.1, -0.05) is 17.7 Å². The maximum Gasteiger partial charge on any atom is 0.163 e. The van der Waals surface area contributed by atoms with E-state index in [1.165, 1.54) is 33.7 Å². The van der Waals surface area contributed by atoms with Crippen molar-refractivity contribution in [1.82, 2.24) is 24.7 Å². The summed E-state index contributed by atoms with van der Waals surface area (Å²) in [5.74, 6) is 1.43. The molecule has 2 atom stereocenters. The molecular weight excluding hydrogens is 522 g/mol. The number of para-hydroxylation sites is 1. The quantitative estimate of drug-likeness (QED) is 0.310. The van der Waals surface area contributed by atoms with Crippen LogP contribution in [0, 0.1) is 0 Å². The monoisotopic (exact) mass is 553 g/mol. The van der Waals surface area contributed by atoms with Crippen LogP contribution in [-0.4, -0.2) is 72.4 Å². The summed E-state index contributed by atoms with van der Waals surface area (Å²) in [4.78, 5) is 8.28. The molecule has 202 valence electrons. The number of nitrogens with zero attached hydrogens (tertiary/aromatic N) is 5. The molecule has 0 aliphatic carbocycles. The molecule has 0 fully saturated rings. The first-order valence-corrected chi connectivity index (χ1v) is 13.7. The molecular formula is C24H32ClN5O6S. The summed E-state index contributed by atoms with van der Waals surface area (Å²) in [6.45, 7) is 5.79.